The van der Waals surface area contributed by atoms with Gasteiger partial charge in [0.15, 0.2) is 5.78 Å². The SMILES string of the molecule is CNC(C(=O)NC(CCCCN)C(=O)C(C)C)C(C)C. The van der Waals surface area contributed by atoms with E-state index >= 15 is 0 Å². The lowest BCUT2D eigenvalue weighted by Crippen LogP contribution is -2.52. The second kappa shape index (κ2) is 9.88. The van der Waals surface area contributed by atoms with E-state index in [4.69, 9.17) is 5.73 Å². The number of carbonyl (C=O) groups excluding carboxylic acids is 2. The van der Waals surface area contributed by atoms with E-state index in [1.807, 2.05) is 27.7 Å². The lowest BCUT2D eigenvalue weighted by atomic mass is 9.96. The molecule has 4 N–H and O–H groups in total. The van der Waals surface area contributed by atoms with Gasteiger partial charge in [-0.2, -0.15) is 0 Å². The maximum atomic E-state index is 12.2. The number of hydrogen-bond acceptors (Lipinski definition) is 4. The van der Waals surface area contributed by atoms with Crippen molar-refractivity contribution >= 4 is 11.7 Å². The molecule has 0 aliphatic heterocycles. The van der Waals surface area contributed by atoms with Gasteiger partial charge in [0.1, 0.15) is 0 Å². The highest BCUT2D eigenvalue weighted by Crippen LogP contribution is 2.09. The number of ketones is 1. The standard InChI is InChI=1S/C15H31N3O2/c1-10(2)13(17-5)15(20)18-12(8-6-7-9-16)14(19)11(3)4/h10-13,17H,6-9,16H2,1-5H3,(H,18,20). The Labute approximate surface area is 123 Å². The smallest absolute Gasteiger partial charge is 0.237 e. The molecule has 0 radical (unpaired) electrons. The van der Waals surface area contributed by atoms with Crippen LogP contribution in [0, 0.1) is 11.8 Å². The average Bonchev–Trinajstić information content (AvgIpc) is 2.37. The fraction of sp³-hybridized carbons (Fsp3) is 0.867. The van der Waals surface area contributed by atoms with Crippen molar-refractivity contribution in [1.82, 2.24) is 10.6 Å². The molecule has 5 nitrogen and oxygen atoms in total. The molecule has 0 rings (SSSR count). The molecule has 2 unspecified atom stereocenters. The molecule has 1 amide bonds. The third kappa shape index (κ3) is 6.48. The number of likely N-dealkylation sites (N-methyl/N-ethyl adjacent to an activating group) is 1. The zero-order valence-corrected chi connectivity index (χ0v) is 13.5. The molecule has 0 aromatic rings. The molecule has 0 heterocycles. The molecule has 0 bridgehead atoms. The molecule has 0 aliphatic carbocycles. The molecule has 2 atom stereocenters. The number of amides is 1. The summed E-state index contributed by atoms with van der Waals surface area (Å²) in [5.41, 5.74) is 5.48. The largest absolute Gasteiger partial charge is 0.345 e. The van der Waals surface area contributed by atoms with Crippen LogP contribution in [0.4, 0.5) is 0 Å². The summed E-state index contributed by atoms with van der Waals surface area (Å²) in [6.45, 7) is 8.30. The van der Waals surface area contributed by atoms with Gasteiger partial charge in [-0.25, -0.2) is 0 Å². The lowest BCUT2D eigenvalue weighted by molar-refractivity contribution is -0.131. The molecule has 20 heavy (non-hydrogen) atoms. The van der Waals surface area contributed by atoms with Crippen LogP contribution in [0.15, 0.2) is 0 Å². The van der Waals surface area contributed by atoms with Crippen LogP contribution < -0.4 is 16.4 Å². The van der Waals surface area contributed by atoms with Gasteiger partial charge in [-0.15, -0.1) is 0 Å². The number of carbonyl (C=O) groups is 2. The highest BCUT2D eigenvalue weighted by molar-refractivity contribution is 5.91. The van der Waals surface area contributed by atoms with Crippen molar-refractivity contribution in [3.63, 3.8) is 0 Å². The highest BCUT2D eigenvalue weighted by Gasteiger charge is 2.27. The minimum absolute atomic E-state index is 0.0785. The fourth-order valence-corrected chi connectivity index (χ4v) is 2.21. The second-order valence-corrected chi connectivity index (χ2v) is 5.91. The van der Waals surface area contributed by atoms with Gasteiger partial charge in [0.2, 0.25) is 5.91 Å². The van der Waals surface area contributed by atoms with Crippen LogP contribution in [0.2, 0.25) is 0 Å². The first kappa shape index (κ1) is 19.1. The van der Waals surface area contributed by atoms with Crippen molar-refractivity contribution in [2.75, 3.05) is 13.6 Å². The Morgan fingerprint density at radius 2 is 1.70 bits per heavy atom. The topological polar surface area (TPSA) is 84.2 Å². The summed E-state index contributed by atoms with van der Waals surface area (Å²) in [6.07, 6.45) is 2.39. The molecule has 0 spiro atoms. The highest BCUT2D eigenvalue weighted by atomic mass is 16.2. The molecular formula is C15H31N3O2. The molecule has 0 aliphatic rings. The lowest BCUT2D eigenvalue weighted by Gasteiger charge is -2.24. The van der Waals surface area contributed by atoms with E-state index in [-0.39, 0.29) is 29.6 Å². The van der Waals surface area contributed by atoms with Gasteiger partial charge in [-0.3, -0.25) is 9.59 Å². The van der Waals surface area contributed by atoms with E-state index in [0.717, 1.165) is 12.8 Å². The summed E-state index contributed by atoms with van der Waals surface area (Å²) in [5.74, 6) is 0.0901. The summed E-state index contributed by atoms with van der Waals surface area (Å²) in [6, 6.07) is -0.671. The van der Waals surface area contributed by atoms with E-state index in [2.05, 4.69) is 10.6 Å². The van der Waals surface area contributed by atoms with Crippen molar-refractivity contribution in [2.24, 2.45) is 17.6 Å². The third-order valence-electron chi connectivity index (χ3n) is 3.44. The Balaban J connectivity index is 4.69. The van der Waals surface area contributed by atoms with Gasteiger partial charge < -0.3 is 16.4 Å². The van der Waals surface area contributed by atoms with Crippen molar-refractivity contribution in [1.29, 1.82) is 0 Å². The first-order valence-electron chi connectivity index (χ1n) is 7.56. The van der Waals surface area contributed by atoms with Gasteiger partial charge in [0.05, 0.1) is 12.1 Å². The maximum absolute atomic E-state index is 12.2. The zero-order chi connectivity index (χ0) is 15.7. The number of unbranched alkanes of at least 4 members (excludes halogenated alkanes) is 1. The summed E-state index contributed by atoms with van der Waals surface area (Å²) >= 11 is 0. The Morgan fingerprint density at radius 1 is 1.10 bits per heavy atom. The predicted octanol–water partition coefficient (Wildman–Crippen LogP) is 1.07. The average molecular weight is 285 g/mol. The van der Waals surface area contributed by atoms with Crippen molar-refractivity contribution in [3.05, 3.63) is 0 Å². The quantitative estimate of drug-likeness (QED) is 0.524. The van der Waals surface area contributed by atoms with Crippen molar-refractivity contribution in [3.8, 4) is 0 Å². The zero-order valence-electron chi connectivity index (χ0n) is 13.5. The summed E-state index contributed by atoms with van der Waals surface area (Å²) in [7, 11) is 1.76. The minimum atomic E-state index is -0.399. The van der Waals surface area contributed by atoms with Gasteiger partial charge in [0, 0.05) is 5.92 Å². The van der Waals surface area contributed by atoms with Crippen LogP contribution in [-0.2, 0) is 9.59 Å². The van der Waals surface area contributed by atoms with E-state index in [1.54, 1.807) is 7.05 Å². The van der Waals surface area contributed by atoms with Crippen LogP contribution in [0.5, 0.6) is 0 Å². The first-order valence-corrected chi connectivity index (χ1v) is 7.56. The summed E-state index contributed by atoms with van der Waals surface area (Å²) in [4.78, 5) is 24.4. The number of hydrogen-bond donors (Lipinski definition) is 3. The third-order valence-corrected chi connectivity index (χ3v) is 3.44. The number of nitrogens with two attached hydrogens (primary N) is 1. The van der Waals surface area contributed by atoms with Crippen LogP contribution >= 0.6 is 0 Å². The first-order chi connectivity index (χ1) is 9.34. The normalized spacial score (nSPS) is 14.4. The molecule has 0 saturated carbocycles. The maximum Gasteiger partial charge on any atom is 0.237 e. The van der Waals surface area contributed by atoms with E-state index in [0.29, 0.717) is 13.0 Å². The molecule has 0 fully saturated rings. The summed E-state index contributed by atoms with van der Waals surface area (Å²) < 4.78 is 0. The molecule has 0 aromatic heterocycles. The van der Waals surface area contributed by atoms with E-state index in [9.17, 15) is 9.59 Å². The summed E-state index contributed by atoms with van der Waals surface area (Å²) in [5, 5.41) is 5.90. The number of nitrogens with one attached hydrogen (secondary N) is 2. The monoisotopic (exact) mass is 285 g/mol. The Hall–Kier alpha value is -0.940. The number of rotatable bonds is 10. The Morgan fingerprint density at radius 3 is 2.10 bits per heavy atom. The fourth-order valence-electron chi connectivity index (χ4n) is 2.21. The van der Waals surface area contributed by atoms with Gasteiger partial charge in [-0.1, -0.05) is 27.7 Å². The van der Waals surface area contributed by atoms with Gasteiger partial charge in [0.25, 0.3) is 0 Å². The van der Waals surface area contributed by atoms with E-state index in [1.165, 1.54) is 0 Å². The van der Waals surface area contributed by atoms with Crippen LogP contribution in [-0.4, -0.2) is 37.4 Å². The van der Waals surface area contributed by atoms with Crippen molar-refractivity contribution < 1.29 is 9.59 Å². The molecule has 118 valence electrons. The second-order valence-electron chi connectivity index (χ2n) is 5.91. The molecular weight excluding hydrogens is 254 g/mol. The van der Waals surface area contributed by atoms with Gasteiger partial charge >= 0.3 is 0 Å². The Kier molecular flexibility index (Phi) is 9.42. The van der Waals surface area contributed by atoms with Crippen LogP contribution in [0.1, 0.15) is 47.0 Å². The molecule has 0 saturated heterocycles. The van der Waals surface area contributed by atoms with Gasteiger partial charge in [-0.05, 0) is 38.8 Å². The minimum Gasteiger partial charge on any atom is -0.345 e. The molecule has 5 heteroatoms. The van der Waals surface area contributed by atoms with Crippen LogP contribution in [0.3, 0.4) is 0 Å². The Bertz CT molecular complexity index is 303. The van der Waals surface area contributed by atoms with Crippen molar-refractivity contribution in [2.45, 2.75) is 59.0 Å². The molecule has 0 aromatic carbocycles. The number of Topliss-reactive ketones (excluding diaryl/α,β-unsaturated/α-hetero) is 1. The predicted molar refractivity (Wildman–Crippen MR) is 82.4 cm³/mol. The van der Waals surface area contributed by atoms with Crippen LogP contribution in [0.25, 0.3) is 0 Å². The van der Waals surface area contributed by atoms with E-state index < -0.39 is 6.04 Å².